The van der Waals surface area contributed by atoms with Gasteiger partial charge in [-0.25, -0.2) is 27.0 Å². The Hall–Kier alpha value is -4.09. The lowest BCUT2D eigenvalue weighted by atomic mass is 10.0. The van der Waals surface area contributed by atoms with Crippen molar-refractivity contribution in [2.45, 2.75) is 76.1 Å². The van der Waals surface area contributed by atoms with E-state index in [0.29, 0.717) is 18.6 Å². The molecule has 2 saturated heterocycles. The third-order valence-corrected chi connectivity index (χ3v) is 12.5. The number of ether oxygens (including phenoxy) is 5. The molecule has 1 unspecified atom stereocenters. The van der Waals surface area contributed by atoms with Crippen molar-refractivity contribution in [1.82, 2.24) is 9.62 Å². The van der Waals surface area contributed by atoms with Crippen LogP contribution in [0.25, 0.3) is 0 Å². The topological polar surface area (TPSA) is 185 Å². The molecule has 2 aliphatic rings. The second-order valence-electron chi connectivity index (χ2n) is 14.1. The number of carbonyl (C=O) groups is 2. The minimum absolute atomic E-state index is 0.0226. The van der Waals surface area contributed by atoms with E-state index in [-0.39, 0.29) is 54.4 Å². The number of fused-ring (bicyclic) bond motifs is 1. The lowest BCUT2D eigenvalue weighted by molar-refractivity contribution is -0.150. The summed E-state index contributed by atoms with van der Waals surface area (Å²) in [6.07, 6.45) is -4.41. The standard InChI is InChI=1S/C39H50FN2O13PS/c1-5-49-37(44)27(4)54-56(46,55-31-9-7-6-8-10-31)25-52-30-15-11-28(12-16-30)21-34(41-39(45)53-36-24-51-38-33(36)19-20-50-38)35(43)23-42(22-26(2)3)57(47,48)32-17-13-29(40)14-18-32/h6-18,26-27,33-36,38,43H,5,19-25H2,1-4H3,(H,41,45)/t27-,33-,34-,35+,36-,38+,56?/m0/s1. The van der Waals surface area contributed by atoms with E-state index in [9.17, 15) is 32.1 Å². The highest BCUT2D eigenvalue weighted by Crippen LogP contribution is 2.49. The highest BCUT2D eigenvalue weighted by Gasteiger charge is 2.44. The minimum Gasteiger partial charge on any atom is -0.480 e. The Balaban J connectivity index is 1.32. The monoisotopic (exact) mass is 836 g/mol. The first kappa shape index (κ1) is 44.0. The van der Waals surface area contributed by atoms with Gasteiger partial charge in [-0.15, -0.1) is 0 Å². The molecule has 3 aromatic carbocycles. The fourth-order valence-corrected chi connectivity index (χ4v) is 9.41. The van der Waals surface area contributed by atoms with Gasteiger partial charge in [0.1, 0.15) is 23.4 Å². The SMILES string of the molecule is CCOC(=O)[C@H](C)OP(=O)(COc1ccc(C[C@H](NC(=O)O[C@H]2CO[C@H]3OCC[C@H]32)[C@H](O)CN(CC(C)C)S(=O)(=O)c2ccc(F)cc2)cc1)Oc1ccccc1. The number of sulfonamides is 1. The van der Waals surface area contributed by atoms with Crippen molar-refractivity contribution in [3.8, 4) is 11.5 Å². The Morgan fingerprint density at radius 2 is 1.68 bits per heavy atom. The summed E-state index contributed by atoms with van der Waals surface area (Å²) >= 11 is 0. The quantitative estimate of drug-likeness (QED) is 0.107. The van der Waals surface area contributed by atoms with Crippen LogP contribution >= 0.6 is 7.60 Å². The summed E-state index contributed by atoms with van der Waals surface area (Å²) < 4.78 is 95.0. The van der Waals surface area contributed by atoms with E-state index in [0.717, 1.165) is 28.6 Å². The smallest absolute Gasteiger partial charge is 0.417 e. The van der Waals surface area contributed by atoms with Crippen molar-refractivity contribution >= 4 is 29.7 Å². The molecular formula is C39H50FN2O13PS. The van der Waals surface area contributed by atoms with E-state index < -0.39 is 79.0 Å². The van der Waals surface area contributed by atoms with Crippen LogP contribution in [0.5, 0.6) is 11.5 Å². The van der Waals surface area contributed by atoms with Gasteiger partial charge in [0, 0.05) is 13.1 Å². The number of rotatable bonds is 20. The van der Waals surface area contributed by atoms with Crippen molar-refractivity contribution in [1.29, 1.82) is 0 Å². The van der Waals surface area contributed by atoms with Crippen LogP contribution in [-0.4, -0.2) is 99.8 Å². The second-order valence-corrected chi connectivity index (χ2v) is 17.9. The number of para-hydroxylation sites is 1. The summed E-state index contributed by atoms with van der Waals surface area (Å²) in [5.74, 6) is -1.11. The molecule has 0 bridgehead atoms. The van der Waals surface area contributed by atoms with Crippen LogP contribution in [0.15, 0.2) is 83.8 Å². The molecule has 2 aliphatic heterocycles. The molecule has 0 aromatic heterocycles. The third-order valence-electron chi connectivity index (χ3n) is 9.12. The Morgan fingerprint density at radius 3 is 2.35 bits per heavy atom. The molecule has 2 fully saturated rings. The zero-order valence-electron chi connectivity index (χ0n) is 32.2. The number of aliphatic hydroxyl groups is 1. The van der Waals surface area contributed by atoms with Crippen molar-refractivity contribution in [3.63, 3.8) is 0 Å². The molecule has 5 rings (SSSR count). The van der Waals surface area contributed by atoms with Crippen LogP contribution in [-0.2, 0) is 49.3 Å². The molecule has 7 atom stereocenters. The predicted octanol–water partition coefficient (Wildman–Crippen LogP) is 5.51. The summed E-state index contributed by atoms with van der Waals surface area (Å²) in [6, 6.07) is 18.1. The van der Waals surface area contributed by atoms with E-state index in [1.807, 2.05) is 13.8 Å². The van der Waals surface area contributed by atoms with Crippen LogP contribution in [0.4, 0.5) is 9.18 Å². The van der Waals surface area contributed by atoms with Crippen LogP contribution in [0.1, 0.15) is 39.7 Å². The summed E-state index contributed by atoms with van der Waals surface area (Å²) in [4.78, 5) is 25.4. The fourth-order valence-electron chi connectivity index (χ4n) is 6.32. The molecule has 312 valence electrons. The van der Waals surface area contributed by atoms with Crippen LogP contribution < -0.4 is 14.6 Å². The van der Waals surface area contributed by atoms with Gasteiger partial charge in [-0.3, -0.25) is 4.52 Å². The number of esters is 1. The zero-order chi connectivity index (χ0) is 41.2. The van der Waals surface area contributed by atoms with Crippen LogP contribution in [0.3, 0.4) is 0 Å². The highest BCUT2D eigenvalue weighted by molar-refractivity contribution is 7.89. The van der Waals surface area contributed by atoms with Crippen molar-refractivity contribution in [2.24, 2.45) is 11.8 Å². The minimum atomic E-state index is -4.18. The van der Waals surface area contributed by atoms with Crippen LogP contribution in [0, 0.1) is 17.7 Å². The Morgan fingerprint density at radius 1 is 0.982 bits per heavy atom. The van der Waals surface area contributed by atoms with E-state index >= 15 is 0 Å². The normalized spacial score (nSPS) is 20.6. The largest absolute Gasteiger partial charge is 0.480 e. The molecule has 2 heterocycles. The molecule has 0 spiro atoms. The first-order valence-corrected chi connectivity index (χ1v) is 21.9. The summed E-state index contributed by atoms with van der Waals surface area (Å²) in [5.41, 5.74) is 0.604. The van der Waals surface area contributed by atoms with Crippen molar-refractivity contribution < 1.29 is 64.8 Å². The van der Waals surface area contributed by atoms with Gasteiger partial charge >= 0.3 is 19.7 Å². The van der Waals surface area contributed by atoms with Gasteiger partial charge in [-0.05, 0) is 86.7 Å². The zero-order valence-corrected chi connectivity index (χ0v) is 33.9. The number of hydrogen-bond acceptors (Lipinski definition) is 13. The van der Waals surface area contributed by atoms with Gasteiger partial charge in [-0.1, -0.05) is 44.2 Å². The molecule has 3 aromatic rings. The number of nitrogens with one attached hydrogen (secondary N) is 1. The number of amides is 1. The summed E-state index contributed by atoms with van der Waals surface area (Å²) in [5, 5.41) is 14.4. The molecule has 15 nitrogen and oxygen atoms in total. The molecule has 0 radical (unpaired) electrons. The molecule has 0 saturated carbocycles. The molecule has 18 heteroatoms. The van der Waals surface area contributed by atoms with Crippen LogP contribution in [0.2, 0.25) is 0 Å². The van der Waals surface area contributed by atoms with E-state index in [4.69, 9.17) is 32.7 Å². The maximum absolute atomic E-state index is 13.8. The van der Waals surface area contributed by atoms with Gasteiger partial charge < -0.3 is 38.6 Å². The predicted molar refractivity (Wildman–Crippen MR) is 204 cm³/mol. The van der Waals surface area contributed by atoms with E-state index in [2.05, 4.69) is 5.32 Å². The number of benzene rings is 3. The number of halogens is 1. The first-order valence-electron chi connectivity index (χ1n) is 18.7. The van der Waals surface area contributed by atoms with Gasteiger partial charge in [-0.2, -0.15) is 4.31 Å². The number of alkyl carbamates (subject to hydrolysis) is 1. The average molecular weight is 837 g/mol. The van der Waals surface area contributed by atoms with E-state index in [1.54, 1.807) is 61.5 Å². The fraction of sp³-hybridized carbons (Fsp3) is 0.487. The Labute approximate surface area is 332 Å². The Bertz CT molecular complexity index is 1920. The number of nitrogens with zero attached hydrogens (tertiary/aromatic N) is 1. The van der Waals surface area contributed by atoms with Gasteiger partial charge in [0.15, 0.2) is 12.4 Å². The molecule has 57 heavy (non-hydrogen) atoms. The summed E-state index contributed by atoms with van der Waals surface area (Å²) in [7, 11) is -8.28. The van der Waals surface area contributed by atoms with Crippen molar-refractivity contribution in [3.05, 3.63) is 90.2 Å². The lowest BCUT2D eigenvalue weighted by Crippen LogP contribution is -2.51. The summed E-state index contributed by atoms with van der Waals surface area (Å²) in [6.45, 7) is 7.01. The maximum Gasteiger partial charge on any atom is 0.417 e. The highest BCUT2D eigenvalue weighted by atomic mass is 32.2. The average Bonchev–Trinajstić information content (AvgIpc) is 3.80. The number of hydrogen-bond donors (Lipinski definition) is 2. The lowest BCUT2D eigenvalue weighted by Gasteiger charge is -2.31. The Kier molecular flexibility index (Phi) is 15.5. The third kappa shape index (κ3) is 12.5. The van der Waals surface area contributed by atoms with Gasteiger partial charge in [0.05, 0.1) is 42.8 Å². The second kappa shape index (κ2) is 20.1. The molecule has 1 amide bonds. The number of carbonyl (C=O) groups excluding carboxylic acids is 2. The van der Waals surface area contributed by atoms with E-state index in [1.165, 1.54) is 6.92 Å². The molecule has 2 N–H and O–H groups in total. The first-order chi connectivity index (χ1) is 27.2. The maximum atomic E-state index is 13.8. The number of aliphatic hydroxyl groups excluding tert-OH is 1. The van der Waals surface area contributed by atoms with Gasteiger partial charge in [0.25, 0.3) is 0 Å². The van der Waals surface area contributed by atoms with Gasteiger partial charge in [0.2, 0.25) is 16.4 Å². The van der Waals surface area contributed by atoms with Crippen molar-refractivity contribution in [2.75, 3.05) is 39.3 Å². The molecular weight excluding hydrogens is 786 g/mol. The molecule has 0 aliphatic carbocycles.